The molecule has 0 amide bonds. The van der Waals surface area contributed by atoms with Gasteiger partial charge in [-0.25, -0.2) is 4.98 Å². The van der Waals surface area contributed by atoms with Gasteiger partial charge in [-0.15, -0.1) is 0 Å². The molecule has 0 aliphatic rings. The number of nitrogens with two attached hydrogens (primary N) is 1. The molecule has 0 aliphatic carbocycles. The van der Waals surface area contributed by atoms with E-state index in [1.54, 1.807) is 13.2 Å². The molecule has 0 aromatic carbocycles. The number of hydrogen-bond donors (Lipinski definition) is 2. The Morgan fingerprint density at radius 3 is 2.83 bits per heavy atom. The van der Waals surface area contributed by atoms with Gasteiger partial charge in [-0.2, -0.15) is 9.97 Å². The lowest BCUT2D eigenvalue weighted by atomic mass is 10.4. The van der Waals surface area contributed by atoms with Crippen molar-refractivity contribution in [3.05, 3.63) is 24.3 Å². The molecular weight excluding hydrogens is 230 g/mol. The van der Waals surface area contributed by atoms with Gasteiger partial charge in [0.15, 0.2) is 0 Å². The fraction of sp³-hybridized carbons (Fsp3) is 0.364. The molecule has 7 heteroatoms. The van der Waals surface area contributed by atoms with Crippen LogP contribution >= 0.6 is 0 Å². The third kappa shape index (κ3) is 2.50. The minimum absolute atomic E-state index is 0.253. The van der Waals surface area contributed by atoms with E-state index in [4.69, 9.17) is 5.73 Å². The molecule has 0 fully saturated rings. The zero-order valence-corrected chi connectivity index (χ0v) is 10.8. The number of nitrogens with zero attached hydrogens (tertiary/aromatic N) is 5. The molecular formula is C11H17N7. The van der Waals surface area contributed by atoms with Crippen LogP contribution in [-0.4, -0.2) is 33.6 Å². The summed E-state index contributed by atoms with van der Waals surface area (Å²) >= 11 is 0. The minimum Gasteiger partial charge on any atom is -0.373 e. The number of aromatic nitrogens is 4. The summed E-state index contributed by atoms with van der Waals surface area (Å²) in [6, 6.07) is 1.85. The van der Waals surface area contributed by atoms with Crippen molar-refractivity contribution < 1.29 is 0 Å². The maximum atomic E-state index is 5.67. The molecule has 0 unspecified atom stereocenters. The molecule has 96 valence electrons. The Labute approximate surface area is 106 Å². The van der Waals surface area contributed by atoms with Crippen LogP contribution in [0.25, 0.3) is 0 Å². The second-order valence-electron chi connectivity index (χ2n) is 4.03. The average Bonchev–Trinajstić information content (AvgIpc) is 2.74. The molecule has 18 heavy (non-hydrogen) atoms. The Bertz CT molecular complexity index is 534. The summed E-state index contributed by atoms with van der Waals surface area (Å²) in [4.78, 5) is 14.5. The Morgan fingerprint density at radius 1 is 1.44 bits per heavy atom. The van der Waals surface area contributed by atoms with Gasteiger partial charge in [-0.3, -0.25) is 0 Å². The van der Waals surface area contributed by atoms with Crippen molar-refractivity contribution in [1.29, 1.82) is 0 Å². The van der Waals surface area contributed by atoms with E-state index in [9.17, 15) is 0 Å². The summed E-state index contributed by atoms with van der Waals surface area (Å²) in [5, 5.41) is 2.95. The summed E-state index contributed by atoms with van der Waals surface area (Å²) in [6.07, 6.45) is 3.69. The first-order chi connectivity index (χ1) is 8.60. The van der Waals surface area contributed by atoms with Crippen molar-refractivity contribution in [3.63, 3.8) is 0 Å². The van der Waals surface area contributed by atoms with Gasteiger partial charge in [0.1, 0.15) is 17.5 Å². The molecule has 3 N–H and O–H groups in total. The van der Waals surface area contributed by atoms with Gasteiger partial charge in [-0.05, 0) is 0 Å². The number of aryl methyl sites for hydroxylation is 1. The molecule has 2 aromatic rings. The molecule has 0 radical (unpaired) electrons. The highest BCUT2D eigenvalue weighted by molar-refractivity contribution is 5.51. The van der Waals surface area contributed by atoms with Gasteiger partial charge in [0.05, 0.1) is 6.54 Å². The Morgan fingerprint density at radius 2 is 2.22 bits per heavy atom. The molecule has 2 aromatic heterocycles. The topological polar surface area (TPSA) is 84.9 Å². The van der Waals surface area contributed by atoms with Crippen LogP contribution < -0.4 is 16.0 Å². The predicted octanol–water partition coefficient (Wildman–Crippen LogP) is 0.470. The van der Waals surface area contributed by atoms with E-state index in [-0.39, 0.29) is 5.95 Å². The molecule has 2 heterocycles. The first-order valence-electron chi connectivity index (χ1n) is 5.60. The van der Waals surface area contributed by atoms with Gasteiger partial charge in [-0.1, -0.05) is 0 Å². The first-order valence-corrected chi connectivity index (χ1v) is 5.60. The van der Waals surface area contributed by atoms with Crippen molar-refractivity contribution in [3.8, 4) is 0 Å². The second kappa shape index (κ2) is 4.91. The quantitative estimate of drug-likeness (QED) is 0.817. The van der Waals surface area contributed by atoms with Crippen molar-refractivity contribution in [1.82, 2.24) is 19.5 Å². The normalized spacial score (nSPS) is 10.4. The second-order valence-corrected chi connectivity index (χ2v) is 4.03. The van der Waals surface area contributed by atoms with Gasteiger partial charge in [0, 0.05) is 39.6 Å². The molecule has 0 saturated carbocycles. The molecule has 0 spiro atoms. The highest BCUT2D eigenvalue weighted by Gasteiger charge is 2.09. The summed E-state index contributed by atoms with van der Waals surface area (Å²) in [5.41, 5.74) is 5.67. The SMILES string of the molecule is CNc1cc(N(C)Cc2nccn2C)nc(N)n1. The lowest BCUT2D eigenvalue weighted by Gasteiger charge is -2.18. The van der Waals surface area contributed by atoms with E-state index in [1.807, 2.05) is 35.8 Å². The number of nitrogens with one attached hydrogen (secondary N) is 1. The van der Waals surface area contributed by atoms with Crippen LogP contribution in [0.1, 0.15) is 5.82 Å². The van der Waals surface area contributed by atoms with Gasteiger partial charge >= 0.3 is 0 Å². The summed E-state index contributed by atoms with van der Waals surface area (Å²) < 4.78 is 1.97. The molecule has 0 bridgehead atoms. The van der Waals surface area contributed by atoms with E-state index in [1.165, 1.54) is 0 Å². The van der Waals surface area contributed by atoms with Crippen molar-refractivity contribution in [2.24, 2.45) is 7.05 Å². The number of imidazole rings is 1. The highest BCUT2D eigenvalue weighted by atomic mass is 15.2. The monoisotopic (exact) mass is 247 g/mol. The Balaban J connectivity index is 2.20. The molecule has 0 aliphatic heterocycles. The van der Waals surface area contributed by atoms with Crippen LogP contribution in [0.5, 0.6) is 0 Å². The summed E-state index contributed by atoms with van der Waals surface area (Å²) in [7, 11) is 5.70. The number of rotatable bonds is 4. The lowest BCUT2D eigenvalue weighted by molar-refractivity contribution is 0.755. The van der Waals surface area contributed by atoms with Gasteiger partial charge < -0.3 is 20.5 Å². The largest absolute Gasteiger partial charge is 0.373 e. The summed E-state index contributed by atoms with van der Waals surface area (Å²) in [5.74, 6) is 2.67. The highest BCUT2D eigenvalue weighted by Crippen LogP contribution is 2.16. The third-order valence-corrected chi connectivity index (χ3v) is 2.68. The summed E-state index contributed by atoms with van der Waals surface area (Å²) in [6.45, 7) is 0.656. The lowest BCUT2D eigenvalue weighted by Crippen LogP contribution is -2.21. The van der Waals surface area contributed by atoms with Crippen LogP contribution in [0, 0.1) is 0 Å². The van der Waals surface area contributed by atoms with E-state index < -0.39 is 0 Å². The number of anilines is 3. The first kappa shape index (κ1) is 12.2. The van der Waals surface area contributed by atoms with E-state index in [2.05, 4.69) is 20.3 Å². The smallest absolute Gasteiger partial charge is 0.223 e. The zero-order chi connectivity index (χ0) is 13.1. The predicted molar refractivity (Wildman–Crippen MR) is 71.3 cm³/mol. The molecule has 2 rings (SSSR count). The fourth-order valence-electron chi connectivity index (χ4n) is 1.62. The Hall–Kier alpha value is -2.31. The van der Waals surface area contributed by atoms with Crippen molar-refractivity contribution >= 4 is 17.6 Å². The maximum absolute atomic E-state index is 5.67. The minimum atomic E-state index is 0.253. The van der Waals surface area contributed by atoms with E-state index in [0.717, 1.165) is 11.6 Å². The maximum Gasteiger partial charge on any atom is 0.223 e. The van der Waals surface area contributed by atoms with Crippen LogP contribution in [0.4, 0.5) is 17.6 Å². The van der Waals surface area contributed by atoms with E-state index in [0.29, 0.717) is 12.4 Å². The fourth-order valence-corrected chi connectivity index (χ4v) is 1.62. The van der Waals surface area contributed by atoms with Gasteiger partial charge in [0.25, 0.3) is 0 Å². The van der Waals surface area contributed by atoms with Crippen molar-refractivity contribution in [2.75, 3.05) is 30.0 Å². The molecule has 7 nitrogen and oxygen atoms in total. The molecule has 0 atom stereocenters. The Kier molecular flexibility index (Phi) is 3.31. The van der Waals surface area contributed by atoms with Crippen LogP contribution in [0.2, 0.25) is 0 Å². The third-order valence-electron chi connectivity index (χ3n) is 2.68. The van der Waals surface area contributed by atoms with Crippen LogP contribution in [0.3, 0.4) is 0 Å². The zero-order valence-electron chi connectivity index (χ0n) is 10.8. The molecule has 0 saturated heterocycles. The van der Waals surface area contributed by atoms with E-state index >= 15 is 0 Å². The van der Waals surface area contributed by atoms with Crippen molar-refractivity contribution in [2.45, 2.75) is 6.54 Å². The van der Waals surface area contributed by atoms with Crippen LogP contribution in [-0.2, 0) is 13.6 Å². The number of hydrogen-bond acceptors (Lipinski definition) is 6. The number of nitrogen functional groups attached to an aromatic ring is 1. The standard InChI is InChI=1S/C11H17N7/c1-13-8-6-9(16-11(12)15-8)18(3)7-10-14-4-5-17(10)2/h4-6H,7H2,1-3H3,(H3,12,13,15,16). The average molecular weight is 247 g/mol. The van der Waals surface area contributed by atoms with Gasteiger partial charge in [0.2, 0.25) is 5.95 Å². The van der Waals surface area contributed by atoms with Crippen LogP contribution in [0.15, 0.2) is 18.5 Å².